The molecule has 144 valence electrons. The van der Waals surface area contributed by atoms with E-state index >= 15 is 0 Å². The molecule has 9 nitrogen and oxygen atoms in total. The Bertz CT molecular complexity index is 1170. The molecule has 1 aliphatic heterocycles. The van der Waals surface area contributed by atoms with Gasteiger partial charge in [0.1, 0.15) is 11.8 Å². The quantitative estimate of drug-likeness (QED) is 0.631. The van der Waals surface area contributed by atoms with Gasteiger partial charge in [0.05, 0.1) is 29.8 Å². The Morgan fingerprint density at radius 2 is 2.00 bits per heavy atom. The zero-order chi connectivity index (χ0) is 19.8. The van der Waals surface area contributed by atoms with E-state index in [0.717, 1.165) is 4.57 Å². The lowest BCUT2D eigenvalue weighted by molar-refractivity contribution is -0.0246. The Labute approximate surface area is 159 Å². The van der Waals surface area contributed by atoms with Crippen molar-refractivity contribution in [2.45, 2.75) is 6.10 Å². The number of ether oxygens (including phenoxy) is 1. The van der Waals surface area contributed by atoms with E-state index in [2.05, 4.69) is 9.97 Å². The molecule has 4 rings (SSSR count). The van der Waals surface area contributed by atoms with Crippen LogP contribution in [0.4, 0.5) is 0 Å². The van der Waals surface area contributed by atoms with Crippen LogP contribution < -0.4 is 11.2 Å². The van der Waals surface area contributed by atoms with Gasteiger partial charge in [0.25, 0.3) is 11.5 Å². The van der Waals surface area contributed by atoms with Gasteiger partial charge in [-0.3, -0.25) is 23.7 Å². The summed E-state index contributed by atoms with van der Waals surface area (Å²) < 4.78 is 8.20. The van der Waals surface area contributed by atoms with Crippen LogP contribution in [0, 0.1) is 0 Å². The molecule has 0 aliphatic carbocycles. The fourth-order valence-corrected chi connectivity index (χ4v) is 3.33. The van der Waals surface area contributed by atoms with Crippen molar-refractivity contribution < 1.29 is 9.53 Å². The van der Waals surface area contributed by atoms with Crippen LogP contribution in [0.5, 0.6) is 0 Å². The zero-order valence-corrected chi connectivity index (χ0v) is 15.5. The monoisotopic (exact) mass is 381 g/mol. The number of amides is 1. The van der Waals surface area contributed by atoms with Crippen molar-refractivity contribution in [2.24, 2.45) is 14.1 Å². The number of morpholine rings is 1. The Balaban J connectivity index is 1.67. The molecule has 0 unspecified atom stereocenters. The van der Waals surface area contributed by atoms with Crippen LogP contribution in [-0.2, 0) is 18.8 Å². The van der Waals surface area contributed by atoms with Gasteiger partial charge >= 0.3 is 5.69 Å². The Kier molecular flexibility index (Phi) is 4.52. The molecule has 0 spiro atoms. The molecule has 0 radical (unpaired) electrons. The summed E-state index contributed by atoms with van der Waals surface area (Å²) in [6.45, 7) is 1.16. The topological polar surface area (TPSA) is 99.3 Å². The number of fused-ring (bicyclic) bond motifs is 1. The third kappa shape index (κ3) is 2.99. The van der Waals surface area contributed by atoms with Crippen molar-refractivity contribution in [1.82, 2.24) is 24.0 Å². The van der Waals surface area contributed by atoms with Crippen LogP contribution in [0.3, 0.4) is 0 Å². The second-order valence-electron chi connectivity index (χ2n) is 6.67. The number of pyridine rings is 2. The third-order valence-corrected chi connectivity index (χ3v) is 4.92. The smallest absolute Gasteiger partial charge is 0.332 e. The Hall–Kier alpha value is -3.33. The Morgan fingerprint density at radius 3 is 2.75 bits per heavy atom. The highest BCUT2D eigenvalue weighted by atomic mass is 16.5. The molecular weight excluding hydrogens is 362 g/mol. The molecule has 1 aliphatic rings. The zero-order valence-electron chi connectivity index (χ0n) is 15.5. The van der Waals surface area contributed by atoms with Gasteiger partial charge in [0.15, 0.2) is 0 Å². The predicted molar refractivity (Wildman–Crippen MR) is 101 cm³/mol. The summed E-state index contributed by atoms with van der Waals surface area (Å²) in [6.07, 6.45) is 2.71. The molecular formula is C19H19N5O4. The van der Waals surface area contributed by atoms with E-state index in [0.29, 0.717) is 42.0 Å². The van der Waals surface area contributed by atoms with Crippen molar-refractivity contribution in [2.75, 3.05) is 19.7 Å². The average Bonchev–Trinajstić information content (AvgIpc) is 2.76. The van der Waals surface area contributed by atoms with E-state index in [1.54, 1.807) is 42.4 Å². The summed E-state index contributed by atoms with van der Waals surface area (Å²) >= 11 is 0. The summed E-state index contributed by atoms with van der Waals surface area (Å²) in [4.78, 5) is 47.4. The molecule has 0 bridgehead atoms. The second kappa shape index (κ2) is 7.01. The van der Waals surface area contributed by atoms with E-state index in [4.69, 9.17) is 4.74 Å². The van der Waals surface area contributed by atoms with E-state index in [9.17, 15) is 14.4 Å². The average molecular weight is 381 g/mol. The van der Waals surface area contributed by atoms with Gasteiger partial charge in [-0.15, -0.1) is 0 Å². The number of aryl methyl sites for hydroxylation is 1. The number of carbonyl (C=O) groups is 1. The number of carbonyl (C=O) groups excluding carboxylic acids is 1. The predicted octanol–water partition coefficient (Wildman–Crippen LogP) is 0.241. The summed E-state index contributed by atoms with van der Waals surface area (Å²) in [6, 6.07) is 6.79. The largest absolute Gasteiger partial charge is 0.368 e. The molecule has 3 aromatic heterocycles. The number of rotatable bonds is 2. The fourth-order valence-electron chi connectivity index (χ4n) is 3.33. The van der Waals surface area contributed by atoms with Crippen LogP contribution in [0.15, 0.2) is 46.2 Å². The molecule has 1 amide bonds. The molecule has 3 aromatic rings. The van der Waals surface area contributed by atoms with Gasteiger partial charge in [-0.25, -0.2) is 9.78 Å². The normalized spacial score (nSPS) is 17.1. The third-order valence-electron chi connectivity index (χ3n) is 4.92. The van der Waals surface area contributed by atoms with Crippen molar-refractivity contribution in [1.29, 1.82) is 0 Å². The second-order valence-corrected chi connectivity index (χ2v) is 6.67. The molecule has 1 saturated heterocycles. The van der Waals surface area contributed by atoms with Gasteiger partial charge < -0.3 is 9.64 Å². The molecule has 0 saturated carbocycles. The van der Waals surface area contributed by atoms with Crippen molar-refractivity contribution in [3.8, 4) is 0 Å². The van der Waals surface area contributed by atoms with E-state index in [1.807, 2.05) is 0 Å². The first kappa shape index (κ1) is 18.1. The van der Waals surface area contributed by atoms with E-state index < -0.39 is 17.4 Å². The van der Waals surface area contributed by atoms with Gasteiger partial charge in [0.2, 0.25) is 0 Å². The van der Waals surface area contributed by atoms with Crippen molar-refractivity contribution >= 4 is 16.9 Å². The van der Waals surface area contributed by atoms with E-state index in [1.165, 1.54) is 17.8 Å². The van der Waals surface area contributed by atoms with Crippen molar-refractivity contribution in [3.63, 3.8) is 0 Å². The first-order chi connectivity index (χ1) is 13.5. The maximum atomic E-state index is 12.7. The SMILES string of the molecule is Cn1c(=O)c2ccc([C@H]3CN(C(=O)c4cccnc4)CCO3)nc2n(C)c1=O. The minimum atomic E-state index is -0.446. The molecule has 4 heterocycles. The molecule has 1 atom stereocenters. The van der Waals surface area contributed by atoms with Crippen LogP contribution in [0.25, 0.3) is 11.0 Å². The number of nitrogens with zero attached hydrogens (tertiary/aromatic N) is 5. The maximum Gasteiger partial charge on any atom is 0.332 e. The van der Waals surface area contributed by atoms with Crippen LogP contribution in [0.2, 0.25) is 0 Å². The number of aromatic nitrogens is 4. The van der Waals surface area contributed by atoms with Crippen LogP contribution in [0.1, 0.15) is 22.2 Å². The summed E-state index contributed by atoms with van der Waals surface area (Å²) in [5.74, 6) is -0.122. The van der Waals surface area contributed by atoms with Crippen LogP contribution >= 0.6 is 0 Å². The molecule has 0 aromatic carbocycles. The van der Waals surface area contributed by atoms with Gasteiger partial charge in [-0.05, 0) is 24.3 Å². The van der Waals surface area contributed by atoms with E-state index in [-0.39, 0.29) is 5.91 Å². The molecule has 1 fully saturated rings. The molecule has 0 N–H and O–H groups in total. The summed E-state index contributed by atoms with van der Waals surface area (Å²) in [5.41, 5.74) is 0.542. The first-order valence-corrected chi connectivity index (χ1v) is 8.85. The highest BCUT2D eigenvalue weighted by Crippen LogP contribution is 2.23. The van der Waals surface area contributed by atoms with Gasteiger partial charge in [-0.2, -0.15) is 0 Å². The summed E-state index contributed by atoms with van der Waals surface area (Å²) in [5, 5.41) is 0.354. The van der Waals surface area contributed by atoms with Gasteiger partial charge in [0, 0.05) is 33.0 Å². The van der Waals surface area contributed by atoms with Gasteiger partial charge in [-0.1, -0.05) is 0 Å². The number of hydrogen-bond donors (Lipinski definition) is 0. The fraction of sp³-hybridized carbons (Fsp3) is 0.316. The lowest BCUT2D eigenvalue weighted by Crippen LogP contribution is -2.42. The highest BCUT2D eigenvalue weighted by molar-refractivity contribution is 5.94. The standard InChI is InChI=1S/C19H19N5O4/c1-22-16-13(18(26)23(2)19(22)27)5-6-14(21-16)15-11-24(8-9-28-15)17(25)12-4-3-7-20-10-12/h3-7,10,15H,8-9,11H2,1-2H3/t15-/m1/s1. The lowest BCUT2D eigenvalue weighted by atomic mass is 10.1. The molecule has 9 heteroatoms. The van der Waals surface area contributed by atoms with Crippen LogP contribution in [-0.4, -0.2) is 49.6 Å². The summed E-state index contributed by atoms with van der Waals surface area (Å²) in [7, 11) is 3.00. The number of hydrogen-bond acceptors (Lipinski definition) is 6. The maximum absolute atomic E-state index is 12.7. The highest BCUT2D eigenvalue weighted by Gasteiger charge is 2.27. The minimum absolute atomic E-state index is 0.122. The lowest BCUT2D eigenvalue weighted by Gasteiger charge is -2.32. The first-order valence-electron chi connectivity index (χ1n) is 8.85. The van der Waals surface area contributed by atoms with Crippen molar-refractivity contribution in [3.05, 3.63) is 68.8 Å². The Morgan fingerprint density at radius 1 is 1.18 bits per heavy atom. The minimum Gasteiger partial charge on any atom is -0.368 e. The molecule has 28 heavy (non-hydrogen) atoms.